The van der Waals surface area contributed by atoms with Crippen LogP contribution in [-0.2, 0) is 0 Å². The second kappa shape index (κ2) is 8.55. The quantitative estimate of drug-likeness (QED) is 0.273. The van der Waals surface area contributed by atoms with Crippen LogP contribution in [0, 0.1) is 15.5 Å². The second-order valence-electron chi connectivity index (χ2n) is 3.38. The molecule has 0 saturated carbocycles. The molecule has 0 aliphatic rings. The molecule has 0 amide bonds. The van der Waals surface area contributed by atoms with Crippen LogP contribution >= 0.6 is 12.4 Å². The van der Waals surface area contributed by atoms with Gasteiger partial charge in [0.1, 0.15) is 0 Å². The zero-order valence-corrected chi connectivity index (χ0v) is 11.9. The molecule has 0 radical (unpaired) electrons. The SMILES string of the molecule is COc1cc([N+](=O)[O-])cc(C=NNC(=N)NO)c1OC.Cl. The van der Waals surface area contributed by atoms with Gasteiger partial charge in [-0.25, -0.2) is 10.9 Å². The first-order valence-corrected chi connectivity index (χ1v) is 5.21. The maximum Gasteiger partial charge on any atom is 0.274 e. The van der Waals surface area contributed by atoms with Gasteiger partial charge in [0.15, 0.2) is 11.5 Å². The number of hydroxylamine groups is 1. The van der Waals surface area contributed by atoms with Gasteiger partial charge < -0.3 is 9.47 Å². The van der Waals surface area contributed by atoms with E-state index < -0.39 is 10.9 Å². The largest absolute Gasteiger partial charge is 0.493 e. The fourth-order valence-electron chi connectivity index (χ4n) is 1.37. The Hall–Kier alpha value is -2.59. The fraction of sp³-hybridized carbons (Fsp3) is 0.200. The zero-order chi connectivity index (χ0) is 15.1. The van der Waals surface area contributed by atoms with Crippen molar-refractivity contribution in [1.82, 2.24) is 10.9 Å². The van der Waals surface area contributed by atoms with E-state index in [1.807, 2.05) is 0 Å². The van der Waals surface area contributed by atoms with Gasteiger partial charge in [0.2, 0.25) is 5.96 Å². The minimum absolute atomic E-state index is 0. The van der Waals surface area contributed by atoms with E-state index in [2.05, 4.69) is 10.5 Å². The van der Waals surface area contributed by atoms with Crippen LogP contribution in [0.5, 0.6) is 11.5 Å². The van der Waals surface area contributed by atoms with Crippen LogP contribution in [0.2, 0.25) is 0 Å². The van der Waals surface area contributed by atoms with Gasteiger partial charge in [0, 0.05) is 11.6 Å². The lowest BCUT2D eigenvalue weighted by Gasteiger charge is -2.10. The van der Waals surface area contributed by atoms with Crippen LogP contribution in [0.25, 0.3) is 0 Å². The highest BCUT2D eigenvalue weighted by Gasteiger charge is 2.17. The molecule has 10 nitrogen and oxygen atoms in total. The van der Waals surface area contributed by atoms with Gasteiger partial charge in [-0.2, -0.15) is 5.10 Å². The molecule has 0 bridgehead atoms. The summed E-state index contributed by atoms with van der Waals surface area (Å²) in [4.78, 5) is 10.2. The number of guanidine groups is 1. The number of hydrazone groups is 1. The van der Waals surface area contributed by atoms with Gasteiger partial charge in [-0.15, -0.1) is 12.4 Å². The molecule has 1 aromatic carbocycles. The number of hydrogen-bond donors (Lipinski definition) is 4. The van der Waals surface area contributed by atoms with E-state index in [-0.39, 0.29) is 35.2 Å². The van der Waals surface area contributed by atoms with Crippen molar-refractivity contribution in [3.63, 3.8) is 0 Å². The highest BCUT2D eigenvalue weighted by atomic mass is 35.5. The van der Waals surface area contributed by atoms with Crippen LogP contribution in [-0.4, -0.2) is 36.5 Å². The van der Waals surface area contributed by atoms with Gasteiger partial charge in [-0.3, -0.25) is 20.7 Å². The van der Waals surface area contributed by atoms with Gasteiger partial charge in [-0.05, 0) is 0 Å². The third-order valence-corrected chi connectivity index (χ3v) is 2.19. The zero-order valence-electron chi connectivity index (χ0n) is 11.1. The van der Waals surface area contributed by atoms with Crippen molar-refractivity contribution in [2.45, 2.75) is 0 Å². The first kappa shape index (κ1) is 18.4. The number of benzene rings is 1. The molecule has 4 N–H and O–H groups in total. The van der Waals surface area contributed by atoms with Gasteiger partial charge in [0.05, 0.1) is 31.4 Å². The smallest absolute Gasteiger partial charge is 0.274 e. The summed E-state index contributed by atoms with van der Waals surface area (Å²) in [5.74, 6) is -0.0248. The number of nitro groups is 1. The van der Waals surface area contributed by atoms with Gasteiger partial charge >= 0.3 is 0 Å². The molecule has 0 aliphatic carbocycles. The van der Waals surface area contributed by atoms with E-state index in [1.165, 1.54) is 38.0 Å². The molecule has 0 spiro atoms. The number of nitrogens with zero attached hydrogens (tertiary/aromatic N) is 2. The van der Waals surface area contributed by atoms with Crippen molar-refractivity contribution in [2.24, 2.45) is 5.10 Å². The fourth-order valence-corrected chi connectivity index (χ4v) is 1.37. The first-order chi connectivity index (χ1) is 9.53. The number of non-ortho nitro benzene ring substituents is 1. The number of halogens is 1. The lowest BCUT2D eigenvalue weighted by atomic mass is 10.1. The van der Waals surface area contributed by atoms with Crippen LogP contribution < -0.4 is 20.4 Å². The lowest BCUT2D eigenvalue weighted by molar-refractivity contribution is -0.385. The normalized spacial score (nSPS) is 9.67. The molecule has 0 aromatic heterocycles. The molecular weight excluding hydrogens is 306 g/mol. The van der Waals surface area contributed by atoms with E-state index in [9.17, 15) is 10.1 Å². The van der Waals surface area contributed by atoms with Crippen LogP contribution in [0.1, 0.15) is 5.56 Å². The number of rotatable bonds is 5. The maximum atomic E-state index is 10.8. The van der Waals surface area contributed by atoms with Crippen molar-refractivity contribution in [2.75, 3.05) is 14.2 Å². The summed E-state index contributed by atoms with van der Waals surface area (Å²) >= 11 is 0. The molecule has 0 heterocycles. The van der Waals surface area contributed by atoms with Crippen molar-refractivity contribution in [1.29, 1.82) is 5.41 Å². The number of hydrogen-bond acceptors (Lipinski definition) is 7. The summed E-state index contributed by atoms with van der Waals surface area (Å²) in [6.07, 6.45) is 1.19. The maximum absolute atomic E-state index is 10.8. The Morgan fingerprint density at radius 3 is 2.62 bits per heavy atom. The molecule has 0 aliphatic heterocycles. The third-order valence-electron chi connectivity index (χ3n) is 2.19. The van der Waals surface area contributed by atoms with Crippen LogP contribution in [0.15, 0.2) is 17.2 Å². The average molecular weight is 320 g/mol. The predicted octanol–water partition coefficient (Wildman–Crippen LogP) is 0.871. The van der Waals surface area contributed by atoms with Crippen LogP contribution in [0.4, 0.5) is 5.69 Å². The molecule has 1 rings (SSSR count). The molecule has 11 heteroatoms. The summed E-state index contributed by atoms with van der Waals surface area (Å²) in [5, 5.41) is 29.9. The Balaban J connectivity index is 0.00000400. The Kier molecular flexibility index (Phi) is 7.50. The molecule has 0 fully saturated rings. The van der Waals surface area contributed by atoms with Gasteiger partial charge in [0.25, 0.3) is 5.69 Å². The summed E-state index contributed by atoms with van der Waals surface area (Å²) in [5.41, 5.74) is 3.75. The molecule has 0 saturated heterocycles. The number of nitrogens with one attached hydrogen (secondary N) is 3. The number of ether oxygens (including phenoxy) is 2. The molecule has 0 atom stereocenters. The van der Waals surface area contributed by atoms with E-state index in [0.29, 0.717) is 0 Å². The molecule has 1 aromatic rings. The highest BCUT2D eigenvalue weighted by molar-refractivity contribution is 5.87. The molecule has 116 valence electrons. The van der Waals surface area contributed by atoms with Crippen molar-refractivity contribution in [3.8, 4) is 11.5 Å². The first-order valence-electron chi connectivity index (χ1n) is 5.21. The van der Waals surface area contributed by atoms with Crippen LogP contribution in [0.3, 0.4) is 0 Å². The minimum atomic E-state index is -0.579. The van der Waals surface area contributed by atoms with Gasteiger partial charge in [-0.1, -0.05) is 0 Å². The summed E-state index contributed by atoms with van der Waals surface area (Å²) in [6.45, 7) is 0. The van der Waals surface area contributed by atoms with E-state index in [0.717, 1.165) is 0 Å². The van der Waals surface area contributed by atoms with Crippen molar-refractivity contribution >= 4 is 30.3 Å². The summed E-state index contributed by atoms with van der Waals surface area (Å²) in [7, 11) is 2.73. The lowest BCUT2D eigenvalue weighted by Crippen LogP contribution is -2.30. The summed E-state index contributed by atoms with van der Waals surface area (Å²) < 4.78 is 10.1. The molecule has 0 unspecified atom stereocenters. The topological polar surface area (TPSA) is 142 Å². The minimum Gasteiger partial charge on any atom is -0.493 e. The second-order valence-corrected chi connectivity index (χ2v) is 3.38. The van der Waals surface area contributed by atoms with Crippen molar-refractivity contribution in [3.05, 3.63) is 27.8 Å². The third kappa shape index (κ3) is 4.78. The summed E-state index contributed by atoms with van der Waals surface area (Å²) in [6, 6.07) is 2.46. The monoisotopic (exact) mass is 319 g/mol. The predicted molar refractivity (Wildman–Crippen MR) is 76.8 cm³/mol. The standard InChI is InChI=1S/C10H13N5O5.ClH/c1-19-8-4-7(15(17)18)3-6(9(8)20-2)5-12-13-10(11)14-16;/h3-5,16H,1-2H3,(H3,11,13,14);1H. The highest BCUT2D eigenvalue weighted by Crippen LogP contribution is 2.34. The molecular formula is C10H14ClN5O5. The molecule has 21 heavy (non-hydrogen) atoms. The average Bonchev–Trinajstić information content (AvgIpc) is 2.45. The Labute approximate surface area is 125 Å². The van der Waals surface area contributed by atoms with E-state index in [1.54, 1.807) is 0 Å². The number of nitro benzene ring substituents is 1. The Bertz CT molecular complexity index is 551. The van der Waals surface area contributed by atoms with Crippen molar-refractivity contribution < 1.29 is 19.6 Å². The van der Waals surface area contributed by atoms with E-state index in [4.69, 9.17) is 20.1 Å². The number of methoxy groups -OCH3 is 2. The van der Waals surface area contributed by atoms with E-state index >= 15 is 0 Å². The Morgan fingerprint density at radius 1 is 1.48 bits per heavy atom. The Morgan fingerprint density at radius 2 is 2.14 bits per heavy atom.